The molecule has 0 bridgehead atoms. The van der Waals surface area contributed by atoms with E-state index in [9.17, 15) is 4.79 Å². The summed E-state index contributed by atoms with van der Waals surface area (Å²) >= 11 is 0. The lowest BCUT2D eigenvalue weighted by atomic mass is 9.74. The summed E-state index contributed by atoms with van der Waals surface area (Å²) < 4.78 is 13.1. The number of quaternary nitrogens is 1. The monoisotopic (exact) mass is 515 g/mol. The van der Waals surface area contributed by atoms with Crippen LogP contribution in [0.4, 0.5) is 0 Å². The van der Waals surface area contributed by atoms with Gasteiger partial charge >= 0.3 is 5.97 Å². The molecule has 1 saturated carbocycles. The lowest BCUT2D eigenvalue weighted by molar-refractivity contribution is -0.915. The molecule has 1 saturated heterocycles. The molecule has 2 aromatic rings. The number of likely N-dealkylation sites (N-methyl/N-ethyl adjacent to an activating group) is 1. The first kappa shape index (κ1) is 25.8. The molecule has 4 nitrogen and oxygen atoms in total. The molecule has 1 heterocycles. The van der Waals surface area contributed by atoms with E-state index in [2.05, 4.69) is 31.3 Å². The van der Waals surface area contributed by atoms with Crippen molar-refractivity contribution in [1.82, 2.24) is 0 Å². The van der Waals surface area contributed by atoms with Crippen molar-refractivity contribution in [2.45, 2.75) is 62.9 Å². The normalized spacial score (nSPS) is 24.7. The molecule has 1 aliphatic carbocycles. The van der Waals surface area contributed by atoms with E-state index in [0.29, 0.717) is 6.61 Å². The van der Waals surface area contributed by atoms with Crippen molar-refractivity contribution in [1.29, 1.82) is 0 Å². The van der Waals surface area contributed by atoms with E-state index >= 15 is 0 Å². The predicted octanol–water partition coefficient (Wildman–Crippen LogP) is 2.51. The van der Waals surface area contributed by atoms with E-state index in [-0.39, 0.29) is 29.1 Å². The van der Waals surface area contributed by atoms with E-state index < -0.39 is 5.41 Å². The van der Waals surface area contributed by atoms with Crippen molar-refractivity contribution in [3.05, 3.63) is 66.2 Å². The summed E-state index contributed by atoms with van der Waals surface area (Å²) in [5, 5.41) is 0. The molecule has 0 N–H and O–H groups in total. The van der Waals surface area contributed by atoms with Gasteiger partial charge in [0, 0.05) is 12.8 Å². The largest absolute Gasteiger partial charge is 1.00 e. The Bertz CT molecular complexity index is 842. The molecule has 0 spiro atoms. The second-order valence-corrected chi connectivity index (χ2v) is 9.92. The van der Waals surface area contributed by atoms with E-state index in [1.807, 2.05) is 36.4 Å². The number of hydrogen-bond acceptors (Lipinski definition) is 3. The van der Waals surface area contributed by atoms with Crippen molar-refractivity contribution in [2.75, 3.05) is 33.3 Å². The average molecular weight is 517 g/mol. The minimum Gasteiger partial charge on any atom is -1.00 e. The molecule has 1 aliphatic heterocycles. The topological polar surface area (TPSA) is 35.5 Å². The van der Waals surface area contributed by atoms with Crippen LogP contribution in [0.5, 0.6) is 5.75 Å². The second-order valence-electron chi connectivity index (χ2n) is 9.92. The van der Waals surface area contributed by atoms with Crippen LogP contribution in [0.3, 0.4) is 0 Å². The lowest BCUT2D eigenvalue weighted by Crippen LogP contribution is -3.00. The average Bonchev–Trinajstić information content (AvgIpc) is 3.09. The molecule has 0 atom stereocenters. The first-order valence-electron chi connectivity index (χ1n) is 12.4. The summed E-state index contributed by atoms with van der Waals surface area (Å²) in [4.78, 5) is 13.6. The van der Waals surface area contributed by atoms with Gasteiger partial charge in [-0.25, -0.2) is 0 Å². The van der Waals surface area contributed by atoms with Gasteiger partial charge in [-0.2, -0.15) is 0 Å². The number of esters is 1. The predicted molar refractivity (Wildman–Crippen MR) is 128 cm³/mol. The van der Waals surface area contributed by atoms with Crippen LogP contribution >= 0.6 is 0 Å². The van der Waals surface area contributed by atoms with Gasteiger partial charge in [0.1, 0.15) is 25.0 Å². The zero-order valence-corrected chi connectivity index (χ0v) is 21.5. The Kier molecular flexibility index (Phi) is 9.39. The number of likely N-dealkylation sites (tertiary alicyclic amines) is 1. The van der Waals surface area contributed by atoms with E-state index in [1.165, 1.54) is 12.8 Å². The molecule has 0 unspecified atom stereocenters. The van der Waals surface area contributed by atoms with Crippen LogP contribution in [-0.4, -0.2) is 49.8 Å². The maximum atomic E-state index is 13.6. The minimum atomic E-state index is -0.461. The summed E-state index contributed by atoms with van der Waals surface area (Å²) in [7, 11) is 2.29. The third-order valence-corrected chi connectivity index (χ3v) is 7.57. The molecule has 2 fully saturated rings. The summed E-state index contributed by atoms with van der Waals surface area (Å²) in [6, 6.07) is 20.4. The zero-order chi connectivity index (χ0) is 22.3. The molecule has 4 rings (SSSR count). The van der Waals surface area contributed by atoms with E-state index in [1.54, 1.807) is 0 Å². The number of carbonyl (C=O) groups is 1. The highest BCUT2D eigenvalue weighted by Crippen LogP contribution is 2.40. The molecule has 2 aromatic carbocycles. The summed E-state index contributed by atoms with van der Waals surface area (Å²) in [6.45, 7) is 3.73. The molecule has 180 valence electrons. The smallest absolute Gasteiger partial charge is 0.316 e. The third-order valence-electron chi connectivity index (χ3n) is 7.57. The highest BCUT2D eigenvalue weighted by molar-refractivity contribution is 5.83. The van der Waals surface area contributed by atoms with Crippen molar-refractivity contribution in [3.63, 3.8) is 0 Å². The van der Waals surface area contributed by atoms with Gasteiger partial charge in [-0.05, 0) is 30.5 Å². The van der Waals surface area contributed by atoms with Crippen molar-refractivity contribution >= 4 is 5.97 Å². The van der Waals surface area contributed by atoms with Crippen LogP contribution < -0.4 is 21.7 Å². The Morgan fingerprint density at radius 2 is 1.48 bits per heavy atom. The number of rotatable bonds is 7. The van der Waals surface area contributed by atoms with Gasteiger partial charge in [-0.3, -0.25) is 4.79 Å². The van der Waals surface area contributed by atoms with Crippen LogP contribution in [0.2, 0.25) is 0 Å². The number of nitrogens with zero attached hydrogens (tertiary/aromatic N) is 1. The van der Waals surface area contributed by atoms with Crippen LogP contribution in [0.1, 0.15) is 56.9 Å². The lowest BCUT2D eigenvalue weighted by Gasteiger charge is -2.41. The summed E-state index contributed by atoms with van der Waals surface area (Å²) in [5.74, 6) is 0.941. The Labute approximate surface area is 209 Å². The highest BCUT2D eigenvalue weighted by atomic mass is 79.9. The van der Waals surface area contributed by atoms with Gasteiger partial charge in [-0.15, -0.1) is 0 Å². The summed E-state index contributed by atoms with van der Waals surface area (Å²) in [6.07, 6.45) is 8.35. The Balaban J connectivity index is 0.00000306. The molecule has 0 radical (unpaired) electrons. The van der Waals surface area contributed by atoms with Crippen LogP contribution in [-0.2, 0) is 14.9 Å². The number of para-hydroxylation sites is 1. The Morgan fingerprint density at radius 1 is 0.909 bits per heavy atom. The standard InChI is InChI=1S/C28H38NO3.BrH/c1-29(22-23-31-25-14-8-5-9-15-25)20-16-26(17-21-29)32-27(30)28(18-10-2-3-11-19-28)24-12-6-4-7-13-24;/h4-9,12-15,26H,2-3,10-11,16-23H2,1H3;1H/q+1;/p-1. The number of carbonyl (C=O) groups excluding carboxylic acids is 1. The fraction of sp³-hybridized carbons (Fsp3) is 0.536. The first-order valence-corrected chi connectivity index (χ1v) is 12.4. The first-order chi connectivity index (χ1) is 15.6. The number of hydrogen-bond donors (Lipinski definition) is 0. The maximum Gasteiger partial charge on any atom is 0.316 e. The van der Waals surface area contributed by atoms with Crippen molar-refractivity contribution < 1.29 is 35.7 Å². The fourth-order valence-corrected chi connectivity index (χ4v) is 5.37. The van der Waals surface area contributed by atoms with Gasteiger partial charge in [0.25, 0.3) is 0 Å². The van der Waals surface area contributed by atoms with E-state index in [4.69, 9.17) is 9.47 Å². The molecular weight excluding hydrogens is 478 g/mol. The maximum absolute atomic E-state index is 13.6. The quantitative estimate of drug-likeness (QED) is 0.323. The second kappa shape index (κ2) is 12.0. The fourth-order valence-electron chi connectivity index (χ4n) is 5.37. The Hall–Kier alpha value is -1.85. The third kappa shape index (κ3) is 6.60. The Morgan fingerprint density at radius 3 is 2.09 bits per heavy atom. The molecule has 5 heteroatoms. The number of halogens is 1. The minimum absolute atomic E-state index is 0. The van der Waals surface area contributed by atoms with Gasteiger partial charge in [0.05, 0.1) is 25.6 Å². The van der Waals surface area contributed by atoms with Gasteiger partial charge < -0.3 is 30.9 Å². The molecule has 0 aromatic heterocycles. The number of piperidine rings is 1. The molecule has 2 aliphatic rings. The summed E-state index contributed by atoms with van der Waals surface area (Å²) in [5.41, 5.74) is 0.679. The zero-order valence-electron chi connectivity index (χ0n) is 19.9. The molecular formula is C28H38BrNO3. The number of ether oxygens (including phenoxy) is 2. The van der Waals surface area contributed by atoms with E-state index in [0.717, 1.165) is 74.0 Å². The molecule has 0 amide bonds. The van der Waals surface area contributed by atoms with Gasteiger partial charge in [-0.1, -0.05) is 74.2 Å². The van der Waals surface area contributed by atoms with Crippen LogP contribution in [0.25, 0.3) is 0 Å². The SMILES string of the molecule is C[N+]1(CCOc2ccccc2)CCC(OC(=O)C2(c3ccccc3)CCCCCC2)CC1.[Br-]. The number of benzene rings is 2. The highest BCUT2D eigenvalue weighted by Gasteiger charge is 2.43. The van der Waals surface area contributed by atoms with Crippen molar-refractivity contribution in [3.8, 4) is 5.75 Å². The van der Waals surface area contributed by atoms with Crippen LogP contribution in [0.15, 0.2) is 60.7 Å². The van der Waals surface area contributed by atoms with Crippen LogP contribution in [0, 0.1) is 0 Å². The van der Waals surface area contributed by atoms with Crippen molar-refractivity contribution in [2.24, 2.45) is 0 Å². The van der Waals surface area contributed by atoms with Gasteiger partial charge in [0.15, 0.2) is 0 Å². The van der Waals surface area contributed by atoms with Gasteiger partial charge in [0.2, 0.25) is 0 Å². The molecule has 33 heavy (non-hydrogen) atoms.